The Bertz CT molecular complexity index is 773. The first kappa shape index (κ1) is 11.2. The number of hydrogen-bond acceptors (Lipinski definition) is 3. The molecule has 2 aromatic heterocycles. The first-order chi connectivity index (χ1) is 8.66. The molecule has 0 bridgehead atoms. The lowest BCUT2D eigenvalue weighted by molar-refractivity contribution is 0.936. The van der Waals surface area contributed by atoms with Gasteiger partial charge in [0.05, 0.1) is 0 Å². The topological polar surface area (TPSA) is 52.2 Å². The van der Waals surface area contributed by atoms with Crippen molar-refractivity contribution in [2.24, 2.45) is 0 Å². The smallest absolute Gasteiger partial charge is 0.281 e. The summed E-state index contributed by atoms with van der Waals surface area (Å²) in [5.41, 5.74) is 0.949. The predicted octanol–water partition coefficient (Wildman–Crippen LogP) is 1.95. The van der Waals surface area contributed by atoms with Crippen molar-refractivity contribution in [1.29, 1.82) is 0 Å². The van der Waals surface area contributed by atoms with Gasteiger partial charge in [-0.05, 0) is 31.2 Å². The molecule has 1 aromatic carbocycles. The van der Waals surface area contributed by atoms with Gasteiger partial charge in [-0.25, -0.2) is 0 Å². The predicted molar refractivity (Wildman–Crippen MR) is 71.0 cm³/mol. The van der Waals surface area contributed by atoms with E-state index in [9.17, 15) is 4.79 Å². The van der Waals surface area contributed by atoms with Gasteiger partial charge in [0.25, 0.3) is 0 Å². The van der Waals surface area contributed by atoms with Gasteiger partial charge in [-0.2, -0.15) is 0 Å². The maximum Gasteiger partial charge on any atom is 0.300 e. The summed E-state index contributed by atoms with van der Waals surface area (Å²) in [6.45, 7) is 1.81. The van der Waals surface area contributed by atoms with Gasteiger partial charge in [0.1, 0.15) is 5.82 Å². The molecule has 0 atom stereocenters. The zero-order chi connectivity index (χ0) is 12.7. The summed E-state index contributed by atoms with van der Waals surface area (Å²) in [5.74, 6) is 0.699. The summed E-state index contributed by atoms with van der Waals surface area (Å²) in [7, 11) is 0. The van der Waals surface area contributed by atoms with Crippen LogP contribution >= 0.6 is 15.9 Å². The highest BCUT2D eigenvalue weighted by Crippen LogP contribution is 2.12. The largest absolute Gasteiger partial charge is 0.300 e. The number of aryl methyl sites for hydroxylation is 1. The summed E-state index contributed by atoms with van der Waals surface area (Å²) >= 11 is 3.37. The minimum absolute atomic E-state index is 0.180. The third kappa shape index (κ3) is 1.65. The van der Waals surface area contributed by atoms with Crippen LogP contribution < -0.4 is 5.56 Å². The van der Waals surface area contributed by atoms with E-state index in [1.165, 1.54) is 0 Å². The highest BCUT2D eigenvalue weighted by molar-refractivity contribution is 9.10. The highest BCUT2D eigenvalue weighted by atomic mass is 79.9. The minimum Gasteiger partial charge on any atom is -0.281 e. The lowest BCUT2D eigenvalue weighted by atomic mass is 10.3. The fourth-order valence-corrected chi connectivity index (χ4v) is 2.07. The molecule has 0 amide bonds. The second kappa shape index (κ2) is 4.06. The van der Waals surface area contributed by atoms with E-state index in [1.807, 2.05) is 31.2 Å². The molecular weight excluding hydrogens is 296 g/mol. The third-order valence-corrected chi connectivity index (χ3v) is 3.27. The maximum atomic E-state index is 12.3. The van der Waals surface area contributed by atoms with Gasteiger partial charge in [0.15, 0.2) is 0 Å². The zero-order valence-electron chi connectivity index (χ0n) is 9.54. The number of halogens is 1. The Kier molecular flexibility index (Phi) is 2.52. The Morgan fingerprint density at radius 2 is 1.83 bits per heavy atom. The number of rotatable bonds is 1. The van der Waals surface area contributed by atoms with Gasteiger partial charge in [-0.3, -0.25) is 13.8 Å². The van der Waals surface area contributed by atoms with Gasteiger partial charge < -0.3 is 0 Å². The standard InChI is InChI=1S/C12H9BrN4O/c1-8-14-15-11-12(18)17(7-6-16(8)11)10-4-2-9(13)3-5-10/h2-7H,1H3. The summed E-state index contributed by atoms with van der Waals surface area (Å²) in [6.07, 6.45) is 3.50. The minimum atomic E-state index is -0.180. The third-order valence-electron chi connectivity index (χ3n) is 2.75. The Morgan fingerprint density at radius 1 is 1.11 bits per heavy atom. The SMILES string of the molecule is Cc1nnc2c(=O)n(-c3ccc(Br)cc3)ccn12. The van der Waals surface area contributed by atoms with Crippen LogP contribution in [-0.2, 0) is 0 Å². The van der Waals surface area contributed by atoms with Crippen LogP contribution in [0.5, 0.6) is 0 Å². The van der Waals surface area contributed by atoms with Gasteiger partial charge in [0, 0.05) is 22.6 Å². The monoisotopic (exact) mass is 304 g/mol. The molecule has 0 aliphatic carbocycles. The summed E-state index contributed by atoms with van der Waals surface area (Å²) in [4.78, 5) is 12.3. The molecule has 0 saturated heterocycles. The van der Waals surface area contributed by atoms with Crippen LogP contribution in [0.1, 0.15) is 5.82 Å². The number of nitrogens with zero attached hydrogens (tertiary/aromatic N) is 4. The molecule has 0 spiro atoms. The lowest BCUT2D eigenvalue weighted by Crippen LogP contribution is -2.20. The van der Waals surface area contributed by atoms with E-state index in [2.05, 4.69) is 26.1 Å². The van der Waals surface area contributed by atoms with Crippen molar-refractivity contribution in [3.63, 3.8) is 0 Å². The molecule has 0 unspecified atom stereocenters. The molecule has 5 nitrogen and oxygen atoms in total. The normalized spacial score (nSPS) is 11.0. The molecule has 18 heavy (non-hydrogen) atoms. The van der Waals surface area contributed by atoms with Crippen molar-refractivity contribution in [3.8, 4) is 5.69 Å². The van der Waals surface area contributed by atoms with Crippen LogP contribution in [0, 0.1) is 6.92 Å². The highest BCUT2D eigenvalue weighted by Gasteiger charge is 2.08. The van der Waals surface area contributed by atoms with Crippen molar-refractivity contribution in [3.05, 3.63) is 57.3 Å². The van der Waals surface area contributed by atoms with E-state index in [0.717, 1.165) is 10.2 Å². The second-order valence-electron chi connectivity index (χ2n) is 3.89. The van der Waals surface area contributed by atoms with E-state index in [4.69, 9.17) is 0 Å². The second-order valence-corrected chi connectivity index (χ2v) is 4.81. The Labute approximate surface area is 111 Å². The molecule has 0 saturated carbocycles. The molecular formula is C12H9BrN4O. The van der Waals surface area contributed by atoms with Crippen LogP contribution in [0.4, 0.5) is 0 Å². The summed E-state index contributed by atoms with van der Waals surface area (Å²) < 4.78 is 4.20. The molecule has 0 fully saturated rings. The van der Waals surface area contributed by atoms with Gasteiger partial charge in [-0.1, -0.05) is 15.9 Å². The van der Waals surface area contributed by atoms with E-state index in [0.29, 0.717) is 11.5 Å². The van der Waals surface area contributed by atoms with Gasteiger partial charge in [-0.15, -0.1) is 10.2 Å². The van der Waals surface area contributed by atoms with Crippen molar-refractivity contribution in [2.45, 2.75) is 6.92 Å². The molecule has 2 heterocycles. The molecule has 0 aliphatic rings. The molecule has 6 heteroatoms. The number of aromatic nitrogens is 4. The average Bonchev–Trinajstić information content (AvgIpc) is 2.74. The Morgan fingerprint density at radius 3 is 2.56 bits per heavy atom. The van der Waals surface area contributed by atoms with Crippen LogP contribution in [0.3, 0.4) is 0 Å². The molecule has 0 aliphatic heterocycles. The molecule has 0 N–H and O–H groups in total. The van der Waals surface area contributed by atoms with Crippen molar-refractivity contribution in [1.82, 2.24) is 19.2 Å². The first-order valence-corrected chi connectivity index (χ1v) is 6.15. The van der Waals surface area contributed by atoms with Crippen LogP contribution in [-0.4, -0.2) is 19.2 Å². The van der Waals surface area contributed by atoms with Crippen molar-refractivity contribution >= 4 is 21.6 Å². The van der Waals surface area contributed by atoms with Crippen LogP contribution in [0.15, 0.2) is 45.9 Å². The molecule has 3 rings (SSSR count). The van der Waals surface area contributed by atoms with Gasteiger partial charge in [0.2, 0.25) is 5.65 Å². The lowest BCUT2D eigenvalue weighted by Gasteiger charge is -2.05. The molecule has 0 radical (unpaired) electrons. The van der Waals surface area contributed by atoms with E-state index >= 15 is 0 Å². The van der Waals surface area contributed by atoms with E-state index in [1.54, 1.807) is 21.4 Å². The van der Waals surface area contributed by atoms with Gasteiger partial charge >= 0.3 is 5.56 Å². The number of benzene rings is 1. The van der Waals surface area contributed by atoms with E-state index < -0.39 is 0 Å². The Balaban J connectivity index is 2.27. The van der Waals surface area contributed by atoms with Crippen molar-refractivity contribution < 1.29 is 0 Å². The Hall–Kier alpha value is -1.95. The van der Waals surface area contributed by atoms with Crippen LogP contribution in [0.2, 0.25) is 0 Å². The average molecular weight is 305 g/mol. The zero-order valence-corrected chi connectivity index (χ0v) is 11.1. The van der Waals surface area contributed by atoms with Crippen molar-refractivity contribution in [2.75, 3.05) is 0 Å². The summed E-state index contributed by atoms with van der Waals surface area (Å²) in [6, 6.07) is 7.51. The maximum absolute atomic E-state index is 12.3. The fourth-order valence-electron chi connectivity index (χ4n) is 1.81. The molecule has 90 valence electrons. The number of fused-ring (bicyclic) bond motifs is 1. The van der Waals surface area contributed by atoms with E-state index in [-0.39, 0.29) is 5.56 Å². The number of hydrogen-bond donors (Lipinski definition) is 0. The first-order valence-electron chi connectivity index (χ1n) is 5.36. The molecule has 3 aromatic rings. The summed E-state index contributed by atoms with van der Waals surface area (Å²) in [5, 5.41) is 7.79. The van der Waals surface area contributed by atoms with Crippen LogP contribution in [0.25, 0.3) is 11.3 Å². The fraction of sp³-hybridized carbons (Fsp3) is 0.0833. The quantitative estimate of drug-likeness (QED) is 0.690.